The van der Waals surface area contributed by atoms with Crippen molar-refractivity contribution in [1.29, 1.82) is 0 Å². The van der Waals surface area contributed by atoms with Crippen molar-refractivity contribution in [2.45, 2.75) is 33.1 Å². The van der Waals surface area contributed by atoms with Gasteiger partial charge in [0.05, 0.1) is 12.6 Å². The lowest BCUT2D eigenvalue weighted by atomic mass is 9.87. The van der Waals surface area contributed by atoms with Crippen LogP contribution in [0.25, 0.3) is 39.2 Å². The van der Waals surface area contributed by atoms with E-state index in [1.54, 1.807) is 0 Å². The Bertz CT molecular complexity index is 1430. The van der Waals surface area contributed by atoms with Crippen LogP contribution in [0.15, 0.2) is 97.1 Å². The summed E-state index contributed by atoms with van der Waals surface area (Å²) >= 11 is 0. The fourth-order valence-corrected chi connectivity index (χ4v) is 4.65. The zero-order valence-corrected chi connectivity index (χ0v) is 20.1. The molecule has 5 aromatic rings. The van der Waals surface area contributed by atoms with Crippen molar-refractivity contribution in [3.63, 3.8) is 0 Å². The smallest absolute Gasteiger partial charge is 0.225 e. The largest absolute Gasteiger partial charge is 0.295 e. The van der Waals surface area contributed by atoms with Gasteiger partial charge in [0.25, 0.3) is 5.82 Å². The first-order valence-electron chi connectivity index (χ1n) is 11.6. The summed E-state index contributed by atoms with van der Waals surface area (Å²) < 4.78 is 4.75. The molecule has 1 aromatic heterocycles. The predicted octanol–water partition coefficient (Wildman–Crippen LogP) is 7.39. The van der Waals surface area contributed by atoms with Gasteiger partial charge >= 0.3 is 0 Å². The highest BCUT2D eigenvalue weighted by Crippen LogP contribution is 2.32. The Hall–Kier alpha value is -3.65. The van der Waals surface area contributed by atoms with Gasteiger partial charge in [-0.25, -0.2) is 4.57 Å². The number of rotatable bonds is 3. The molecule has 0 radical (unpaired) electrons. The third kappa shape index (κ3) is 3.76. The second kappa shape index (κ2) is 8.04. The summed E-state index contributed by atoms with van der Waals surface area (Å²) in [5.74, 6) is 1.20. The van der Waals surface area contributed by atoms with Crippen LogP contribution >= 0.6 is 0 Å². The van der Waals surface area contributed by atoms with Crippen LogP contribution < -0.4 is 4.57 Å². The molecular weight excluding hydrogens is 400 g/mol. The van der Waals surface area contributed by atoms with Crippen LogP contribution in [0, 0.1) is 6.92 Å². The van der Waals surface area contributed by atoms with Gasteiger partial charge in [-0.15, -0.1) is 0 Å². The Morgan fingerprint density at radius 1 is 0.697 bits per heavy atom. The molecule has 0 aliphatic rings. The van der Waals surface area contributed by atoms with Gasteiger partial charge in [0.15, 0.2) is 11.0 Å². The quantitative estimate of drug-likeness (QED) is 0.263. The number of aryl methyl sites for hydroxylation is 2. The molecule has 0 aliphatic heterocycles. The van der Waals surface area contributed by atoms with Crippen molar-refractivity contribution in [1.82, 2.24) is 4.57 Å². The summed E-state index contributed by atoms with van der Waals surface area (Å²) in [6.07, 6.45) is 0. The monoisotopic (exact) mass is 431 g/mol. The zero-order chi connectivity index (χ0) is 23.2. The minimum Gasteiger partial charge on any atom is -0.225 e. The van der Waals surface area contributed by atoms with Gasteiger partial charge in [-0.3, -0.25) is 0 Å². The minimum absolute atomic E-state index is 0.101. The maximum atomic E-state index is 2.40. The van der Waals surface area contributed by atoms with Crippen LogP contribution in [-0.4, -0.2) is 4.57 Å². The van der Waals surface area contributed by atoms with E-state index in [0.29, 0.717) is 0 Å². The maximum absolute atomic E-state index is 2.40. The van der Waals surface area contributed by atoms with Crippen LogP contribution in [0.2, 0.25) is 0 Å². The number of hydrogen-bond acceptors (Lipinski definition) is 0. The van der Waals surface area contributed by atoms with Gasteiger partial charge in [0, 0.05) is 0 Å². The van der Waals surface area contributed by atoms with Gasteiger partial charge in [-0.05, 0) is 64.9 Å². The molecule has 0 N–H and O–H groups in total. The molecule has 0 saturated heterocycles. The molecule has 0 bridgehead atoms. The maximum Gasteiger partial charge on any atom is 0.295 e. The lowest BCUT2D eigenvalue weighted by molar-refractivity contribution is -0.633. The van der Waals surface area contributed by atoms with E-state index >= 15 is 0 Å². The minimum atomic E-state index is 0.101. The zero-order valence-electron chi connectivity index (χ0n) is 20.1. The highest BCUT2D eigenvalue weighted by Gasteiger charge is 2.28. The molecule has 4 aromatic carbocycles. The standard InChI is InChI=1S/C31H31N2/c1-22-11-9-10-14-27(22)30-32(5)29-21-25(31(2,3)4)17-20-28(29)33(30)26-18-15-24(16-19-26)23-12-7-6-8-13-23/h6-21H,1-5H3/q+1. The van der Waals surface area contributed by atoms with Gasteiger partial charge in [0.2, 0.25) is 0 Å². The molecule has 0 atom stereocenters. The number of hydrogen-bond donors (Lipinski definition) is 0. The van der Waals surface area contributed by atoms with Gasteiger partial charge in [0.1, 0.15) is 5.69 Å². The van der Waals surface area contributed by atoms with Crippen molar-refractivity contribution >= 4 is 11.0 Å². The number of nitrogens with zero attached hydrogens (tertiary/aromatic N) is 2. The van der Waals surface area contributed by atoms with E-state index in [2.05, 4.69) is 141 Å². The molecule has 5 rings (SSSR count). The van der Waals surface area contributed by atoms with Crippen LogP contribution in [0.5, 0.6) is 0 Å². The first-order valence-corrected chi connectivity index (χ1v) is 11.6. The van der Waals surface area contributed by atoms with E-state index < -0.39 is 0 Å². The van der Waals surface area contributed by atoms with Crippen molar-refractivity contribution < 1.29 is 4.57 Å². The normalized spacial score (nSPS) is 11.8. The Morgan fingerprint density at radius 2 is 1.33 bits per heavy atom. The molecule has 0 unspecified atom stereocenters. The third-order valence-corrected chi connectivity index (χ3v) is 6.59. The summed E-state index contributed by atoms with van der Waals surface area (Å²) in [6.45, 7) is 9.01. The second-order valence-electron chi connectivity index (χ2n) is 9.90. The first kappa shape index (κ1) is 21.2. The fourth-order valence-electron chi connectivity index (χ4n) is 4.65. The summed E-state index contributed by atoms with van der Waals surface area (Å²) in [6, 6.07) is 35.0. The average molecular weight is 432 g/mol. The summed E-state index contributed by atoms with van der Waals surface area (Å²) in [5.41, 5.74) is 10.1. The average Bonchev–Trinajstić information content (AvgIpc) is 3.11. The molecule has 0 spiro atoms. The number of aromatic nitrogens is 2. The van der Waals surface area contributed by atoms with Crippen molar-refractivity contribution in [2.24, 2.45) is 7.05 Å². The predicted molar refractivity (Wildman–Crippen MR) is 139 cm³/mol. The number of fused-ring (bicyclic) bond motifs is 1. The van der Waals surface area contributed by atoms with E-state index in [1.807, 2.05) is 0 Å². The van der Waals surface area contributed by atoms with E-state index in [0.717, 1.165) is 0 Å². The Labute approximate surface area is 196 Å². The molecule has 164 valence electrons. The molecule has 0 saturated carbocycles. The molecule has 2 nitrogen and oxygen atoms in total. The highest BCUT2D eigenvalue weighted by molar-refractivity contribution is 5.81. The van der Waals surface area contributed by atoms with Crippen molar-refractivity contribution in [2.75, 3.05) is 0 Å². The SMILES string of the molecule is Cc1ccccc1-c1n(-c2ccc(-c3ccccc3)cc2)c2ccc(C(C)(C)C)cc2[n+]1C. The Balaban J connectivity index is 1.77. The highest BCUT2D eigenvalue weighted by atomic mass is 15.2. The summed E-state index contributed by atoms with van der Waals surface area (Å²) in [4.78, 5) is 0. The number of imidazole rings is 1. The van der Waals surface area contributed by atoms with Crippen LogP contribution in [0.1, 0.15) is 31.9 Å². The van der Waals surface area contributed by atoms with Crippen LogP contribution in [0.3, 0.4) is 0 Å². The summed E-state index contributed by atoms with van der Waals surface area (Å²) in [7, 11) is 2.19. The summed E-state index contributed by atoms with van der Waals surface area (Å²) in [5, 5.41) is 0. The van der Waals surface area contributed by atoms with E-state index in [9.17, 15) is 0 Å². The third-order valence-electron chi connectivity index (χ3n) is 6.59. The number of benzene rings is 4. The van der Waals surface area contributed by atoms with E-state index in [1.165, 1.54) is 50.4 Å². The fraction of sp³-hybridized carbons (Fsp3) is 0.194. The lowest BCUT2D eigenvalue weighted by Crippen LogP contribution is -2.30. The molecule has 0 aliphatic carbocycles. The second-order valence-corrected chi connectivity index (χ2v) is 9.90. The first-order chi connectivity index (χ1) is 15.8. The van der Waals surface area contributed by atoms with Crippen molar-refractivity contribution in [3.05, 3.63) is 108 Å². The van der Waals surface area contributed by atoms with Crippen LogP contribution in [0.4, 0.5) is 0 Å². The molecule has 1 heterocycles. The topological polar surface area (TPSA) is 8.81 Å². The van der Waals surface area contributed by atoms with Gasteiger partial charge in [-0.1, -0.05) is 87.5 Å². The molecular formula is C31H31N2+. The van der Waals surface area contributed by atoms with Gasteiger partial charge < -0.3 is 0 Å². The Morgan fingerprint density at radius 3 is 2.00 bits per heavy atom. The van der Waals surface area contributed by atoms with Crippen molar-refractivity contribution in [3.8, 4) is 28.2 Å². The van der Waals surface area contributed by atoms with E-state index in [4.69, 9.17) is 0 Å². The molecule has 0 amide bonds. The molecule has 33 heavy (non-hydrogen) atoms. The van der Waals surface area contributed by atoms with E-state index in [-0.39, 0.29) is 5.41 Å². The molecule has 2 heteroatoms. The lowest BCUT2D eigenvalue weighted by Gasteiger charge is -2.18. The van der Waals surface area contributed by atoms with Crippen LogP contribution in [-0.2, 0) is 12.5 Å². The Kier molecular flexibility index (Phi) is 5.17. The van der Waals surface area contributed by atoms with Gasteiger partial charge in [-0.2, -0.15) is 4.57 Å². The molecule has 0 fully saturated rings.